The standard InChI is InChI=1S/C9H13N3O4S/c10-7-2-1-3-8(6-7)17(14,15)12-4-5-16-9(11)13/h1-3,6,12H,4-5,10H2,(H2,11,13). The molecule has 0 aromatic heterocycles. The Bertz CT molecular complexity index is 501. The minimum Gasteiger partial charge on any atom is -0.448 e. The van der Waals surface area contributed by atoms with Crippen LogP contribution in [0.25, 0.3) is 0 Å². The molecule has 0 spiro atoms. The zero-order chi connectivity index (χ0) is 12.9. The van der Waals surface area contributed by atoms with E-state index in [9.17, 15) is 13.2 Å². The first-order chi connectivity index (χ1) is 7.92. The van der Waals surface area contributed by atoms with Crippen molar-refractivity contribution in [3.63, 3.8) is 0 Å². The van der Waals surface area contributed by atoms with Gasteiger partial charge >= 0.3 is 6.09 Å². The molecule has 94 valence electrons. The molecule has 8 heteroatoms. The fourth-order valence-corrected chi connectivity index (χ4v) is 2.16. The zero-order valence-corrected chi connectivity index (χ0v) is 9.74. The van der Waals surface area contributed by atoms with E-state index in [1.165, 1.54) is 18.2 Å². The van der Waals surface area contributed by atoms with E-state index in [-0.39, 0.29) is 18.0 Å². The summed E-state index contributed by atoms with van der Waals surface area (Å²) in [5.74, 6) is 0. The van der Waals surface area contributed by atoms with Crippen molar-refractivity contribution in [2.45, 2.75) is 4.90 Å². The number of carbonyl (C=O) groups is 1. The predicted octanol–water partition coefficient (Wildman–Crippen LogP) is -0.358. The van der Waals surface area contributed by atoms with Gasteiger partial charge < -0.3 is 16.2 Å². The number of hydrogen-bond acceptors (Lipinski definition) is 5. The van der Waals surface area contributed by atoms with E-state index >= 15 is 0 Å². The van der Waals surface area contributed by atoms with Crippen molar-refractivity contribution in [3.05, 3.63) is 24.3 Å². The first-order valence-electron chi connectivity index (χ1n) is 4.69. The number of benzene rings is 1. The third-order valence-corrected chi connectivity index (χ3v) is 3.27. The van der Waals surface area contributed by atoms with Crippen LogP contribution in [-0.2, 0) is 14.8 Å². The Kier molecular flexibility index (Phi) is 4.30. The van der Waals surface area contributed by atoms with Gasteiger partial charge in [-0.05, 0) is 18.2 Å². The van der Waals surface area contributed by atoms with Crippen LogP contribution in [-0.4, -0.2) is 27.7 Å². The molecule has 1 aromatic carbocycles. The number of sulfonamides is 1. The molecule has 0 atom stereocenters. The monoisotopic (exact) mass is 259 g/mol. The molecule has 0 bridgehead atoms. The van der Waals surface area contributed by atoms with Gasteiger partial charge in [-0.1, -0.05) is 6.07 Å². The fraction of sp³-hybridized carbons (Fsp3) is 0.222. The van der Waals surface area contributed by atoms with E-state index in [1.54, 1.807) is 6.07 Å². The third kappa shape index (κ3) is 4.29. The average Bonchev–Trinajstić information content (AvgIpc) is 2.24. The number of nitrogens with two attached hydrogens (primary N) is 2. The Morgan fingerprint density at radius 2 is 2.12 bits per heavy atom. The Balaban J connectivity index is 2.60. The molecular formula is C9H13N3O4S. The maximum atomic E-state index is 11.7. The van der Waals surface area contributed by atoms with Crippen LogP contribution in [0.3, 0.4) is 0 Å². The normalized spacial score (nSPS) is 11.1. The molecule has 1 aromatic rings. The number of nitrogens with one attached hydrogen (secondary N) is 1. The largest absolute Gasteiger partial charge is 0.448 e. The van der Waals surface area contributed by atoms with Crippen molar-refractivity contribution in [2.75, 3.05) is 18.9 Å². The highest BCUT2D eigenvalue weighted by molar-refractivity contribution is 7.89. The number of amides is 1. The summed E-state index contributed by atoms with van der Waals surface area (Å²) in [6, 6.07) is 5.85. The SMILES string of the molecule is NC(=O)OCCNS(=O)(=O)c1cccc(N)c1. The summed E-state index contributed by atoms with van der Waals surface area (Å²) < 4.78 is 30.0. The van der Waals surface area contributed by atoms with Crippen molar-refractivity contribution >= 4 is 21.8 Å². The molecule has 5 N–H and O–H groups in total. The molecule has 0 saturated heterocycles. The molecule has 0 aliphatic carbocycles. The first kappa shape index (κ1) is 13.3. The number of anilines is 1. The van der Waals surface area contributed by atoms with Crippen LogP contribution in [0, 0.1) is 0 Å². The Morgan fingerprint density at radius 3 is 2.71 bits per heavy atom. The second-order valence-electron chi connectivity index (χ2n) is 3.14. The molecule has 0 fully saturated rings. The van der Waals surface area contributed by atoms with E-state index in [2.05, 4.69) is 9.46 Å². The minimum absolute atomic E-state index is 0.0524. The van der Waals surface area contributed by atoms with E-state index < -0.39 is 16.1 Å². The van der Waals surface area contributed by atoms with Gasteiger partial charge in [-0.2, -0.15) is 0 Å². The lowest BCUT2D eigenvalue weighted by molar-refractivity contribution is 0.159. The number of ether oxygens (including phenoxy) is 1. The van der Waals surface area contributed by atoms with Crippen molar-refractivity contribution in [1.82, 2.24) is 4.72 Å². The van der Waals surface area contributed by atoms with Crippen molar-refractivity contribution in [1.29, 1.82) is 0 Å². The molecule has 0 aliphatic heterocycles. The summed E-state index contributed by atoms with van der Waals surface area (Å²) in [6.07, 6.45) is -0.951. The molecule has 0 saturated carbocycles. The molecule has 1 rings (SSSR count). The van der Waals surface area contributed by atoms with Gasteiger partial charge in [0.25, 0.3) is 0 Å². The van der Waals surface area contributed by atoms with E-state index in [0.717, 1.165) is 0 Å². The molecule has 0 radical (unpaired) electrons. The van der Waals surface area contributed by atoms with Gasteiger partial charge in [-0.3, -0.25) is 0 Å². The molecule has 17 heavy (non-hydrogen) atoms. The maximum Gasteiger partial charge on any atom is 0.404 e. The maximum absolute atomic E-state index is 11.7. The first-order valence-corrected chi connectivity index (χ1v) is 6.17. The molecule has 0 unspecified atom stereocenters. The number of carbonyl (C=O) groups excluding carboxylic acids is 1. The molecule has 7 nitrogen and oxygen atoms in total. The van der Waals surface area contributed by atoms with Crippen LogP contribution >= 0.6 is 0 Å². The Labute approximate surface area is 98.8 Å². The van der Waals surface area contributed by atoms with Crippen LogP contribution in [0.4, 0.5) is 10.5 Å². The van der Waals surface area contributed by atoms with Crippen molar-refractivity contribution in [3.8, 4) is 0 Å². The number of hydrogen-bond donors (Lipinski definition) is 3. The quantitative estimate of drug-likeness (QED) is 0.492. The Morgan fingerprint density at radius 1 is 1.41 bits per heavy atom. The van der Waals surface area contributed by atoms with Crippen LogP contribution in [0.2, 0.25) is 0 Å². The van der Waals surface area contributed by atoms with Gasteiger partial charge in [0.15, 0.2) is 0 Å². The number of primary amides is 1. The van der Waals surface area contributed by atoms with Crippen LogP contribution in [0.5, 0.6) is 0 Å². The average molecular weight is 259 g/mol. The van der Waals surface area contributed by atoms with Crippen LogP contribution in [0.1, 0.15) is 0 Å². The van der Waals surface area contributed by atoms with Crippen molar-refractivity contribution < 1.29 is 17.9 Å². The zero-order valence-electron chi connectivity index (χ0n) is 8.92. The van der Waals surface area contributed by atoms with Crippen LogP contribution in [0.15, 0.2) is 29.2 Å². The number of nitrogen functional groups attached to an aromatic ring is 1. The topological polar surface area (TPSA) is 125 Å². The molecule has 1 amide bonds. The van der Waals surface area contributed by atoms with E-state index in [4.69, 9.17) is 11.5 Å². The Hall–Kier alpha value is -1.80. The minimum atomic E-state index is -3.64. The second-order valence-corrected chi connectivity index (χ2v) is 4.90. The third-order valence-electron chi connectivity index (χ3n) is 1.81. The highest BCUT2D eigenvalue weighted by atomic mass is 32.2. The highest BCUT2D eigenvalue weighted by Gasteiger charge is 2.13. The van der Waals surface area contributed by atoms with Crippen LogP contribution < -0.4 is 16.2 Å². The van der Waals surface area contributed by atoms with Gasteiger partial charge in [0.2, 0.25) is 10.0 Å². The summed E-state index contributed by atoms with van der Waals surface area (Å²) in [7, 11) is -3.64. The van der Waals surface area contributed by atoms with Gasteiger partial charge in [-0.25, -0.2) is 17.9 Å². The smallest absolute Gasteiger partial charge is 0.404 e. The van der Waals surface area contributed by atoms with Crippen molar-refractivity contribution in [2.24, 2.45) is 5.73 Å². The molecule has 0 aliphatic rings. The predicted molar refractivity (Wildman–Crippen MR) is 61.6 cm³/mol. The number of rotatable bonds is 5. The molecule has 0 heterocycles. The lowest BCUT2D eigenvalue weighted by Crippen LogP contribution is -2.29. The highest BCUT2D eigenvalue weighted by Crippen LogP contribution is 2.11. The molecular weight excluding hydrogens is 246 g/mol. The van der Waals surface area contributed by atoms with E-state index in [1.807, 2.05) is 0 Å². The van der Waals surface area contributed by atoms with Gasteiger partial charge in [0.1, 0.15) is 6.61 Å². The summed E-state index contributed by atoms with van der Waals surface area (Å²) in [5.41, 5.74) is 10.5. The lowest BCUT2D eigenvalue weighted by atomic mass is 10.3. The summed E-state index contributed by atoms with van der Waals surface area (Å²) in [5, 5.41) is 0. The summed E-state index contributed by atoms with van der Waals surface area (Å²) in [6.45, 7) is -0.184. The summed E-state index contributed by atoms with van der Waals surface area (Å²) in [4.78, 5) is 10.3. The van der Waals surface area contributed by atoms with Gasteiger partial charge in [0, 0.05) is 12.2 Å². The summed E-state index contributed by atoms with van der Waals surface area (Å²) >= 11 is 0. The second kappa shape index (κ2) is 5.51. The fourth-order valence-electron chi connectivity index (χ4n) is 1.09. The van der Waals surface area contributed by atoms with E-state index in [0.29, 0.717) is 5.69 Å². The van der Waals surface area contributed by atoms with Gasteiger partial charge in [0.05, 0.1) is 4.90 Å². The lowest BCUT2D eigenvalue weighted by Gasteiger charge is -2.07. The van der Waals surface area contributed by atoms with Gasteiger partial charge in [-0.15, -0.1) is 0 Å².